The SMILES string of the molecule is CC/C=C\C/C=C\C[C@@H]1C(=O)C[C@H](O)[C@@H]1/C=C/[C@@H](O)C/C=C\CCC(=O)O. The van der Waals surface area contributed by atoms with Crippen molar-refractivity contribution < 1.29 is 24.9 Å². The van der Waals surface area contributed by atoms with E-state index in [0.29, 0.717) is 19.3 Å². The van der Waals surface area contributed by atoms with Crippen molar-refractivity contribution in [2.75, 3.05) is 0 Å². The number of aliphatic hydroxyl groups excluding tert-OH is 2. The Kier molecular flexibility index (Phi) is 11.3. The molecule has 0 aromatic rings. The van der Waals surface area contributed by atoms with E-state index in [1.807, 2.05) is 12.2 Å². The summed E-state index contributed by atoms with van der Waals surface area (Å²) in [6, 6.07) is 0. The Morgan fingerprint density at radius 2 is 1.93 bits per heavy atom. The number of aliphatic carboxylic acids is 1. The summed E-state index contributed by atoms with van der Waals surface area (Å²) >= 11 is 0. The monoisotopic (exact) mass is 376 g/mol. The second-order valence-electron chi connectivity index (χ2n) is 6.84. The number of carboxylic acid groups (broad SMARTS) is 1. The minimum atomic E-state index is -0.846. The van der Waals surface area contributed by atoms with E-state index < -0.39 is 18.2 Å². The molecule has 0 spiro atoms. The zero-order valence-electron chi connectivity index (χ0n) is 16.0. The van der Waals surface area contributed by atoms with Gasteiger partial charge in [-0.3, -0.25) is 9.59 Å². The van der Waals surface area contributed by atoms with Gasteiger partial charge in [0.25, 0.3) is 0 Å². The predicted octanol–water partition coefficient (Wildman–Crippen LogP) is 3.58. The summed E-state index contributed by atoms with van der Waals surface area (Å²) in [7, 11) is 0. The average molecular weight is 376 g/mol. The Labute approximate surface area is 161 Å². The molecule has 27 heavy (non-hydrogen) atoms. The first-order valence-electron chi connectivity index (χ1n) is 9.69. The van der Waals surface area contributed by atoms with Crippen LogP contribution in [0.4, 0.5) is 0 Å². The first-order valence-corrected chi connectivity index (χ1v) is 9.69. The number of rotatable bonds is 12. The maximum absolute atomic E-state index is 12.1. The molecule has 5 nitrogen and oxygen atoms in total. The summed E-state index contributed by atoms with van der Waals surface area (Å²) in [4.78, 5) is 22.6. The second-order valence-corrected chi connectivity index (χ2v) is 6.84. The van der Waals surface area contributed by atoms with E-state index in [1.165, 1.54) is 0 Å². The lowest BCUT2D eigenvalue weighted by Gasteiger charge is -2.16. The van der Waals surface area contributed by atoms with Gasteiger partial charge in [-0.05, 0) is 32.1 Å². The van der Waals surface area contributed by atoms with E-state index in [0.717, 1.165) is 12.8 Å². The topological polar surface area (TPSA) is 94.8 Å². The third kappa shape index (κ3) is 9.50. The van der Waals surface area contributed by atoms with Crippen molar-refractivity contribution in [1.29, 1.82) is 0 Å². The first kappa shape index (κ1) is 23.1. The van der Waals surface area contributed by atoms with Crippen LogP contribution in [-0.4, -0.2) is 39.3 Å². The number of hydrogen-bond acceptors (Lipinski definition) is 4. The fourth-order valence-electron chi connectivity index (χ4n) is 3.10. The van der Waals surface area contributed by atoms with Crippen LogP contribution in [0.25, 0.3) is 0 Å². The summed E-state index contributed by atoms with van der Waals surface area (Å²) in [5, 5.41) is 28.7. The van der Waals surface area contributed by atoms with Crippen molar-refractivity contribution in [2.24, 2.45) is 11.8 Å². The van der Waals surface area contributed by atoms with Gasteiger partial charge in [0.2, 0.25) is 0 Å². The number of carbonyl (C=O) groups excluding carboxylic acids is 1. The number of carbonyl (C=O) groups is 2. The molecule has 0 aliphatic heterocycles. The highest BCUT2D eigenvalue weighted by Crippen LogP contribution is 2.33. The molecule has 1 fully saturated rings. The number of allylic oxidation sites excluding steroid dienone is 5. The van der Waals surface area contributed by atoms with E-state index >= 15 is 0 Å². The van der Waals surface area contributed by atoms with E-state index in [4.69, 9.17) is 5.11 Å². The molecule has 1 saturated carbocycles. The van der Waals surface area contributed by atoms with Crippen molar-refractivity contribution in [1.82, 2.24) is 0 Å². The highest BCUT2D eigenvalue weighted by atomic mass is 16.4. The summed E-state index contributed by atoms with van der Waals surface area (Å²) < 4.78 is 0. The van der Waals surface area contributed by atoms with Crippen LogP contribution in [0.15, 0.2) is 48.6 Å². The average Bonchev–Trinajstić information content (AvgIpc) is 2.88. The van der Waals surface area contributed by atoms with E-state index in [-0.39, 0.29) is 30.5 Å². The molecule has 3 N–H and O–H groups in total. The molecule has 0 aromatic heterocycles. The van der Waals surface area contributed by atoms with Gasteiger partial charge < -0.3 is 15.3 Å². The van der Waals surface area contributed by atoms with Crippen molar-refractivity contribution >= 4 is 11.8 Å². The quantitative estimate of drug-likeness (QED) is 0.453. The van der Waals surface area contributed by atoms with Crippen molar-refractivity contribution in [3.8, 4) is 0 Å². The Balaban J connectivity index is 2.50. The maximum atomic E-state index is 12.1. The number of carboxylic acids is 1. The molecule has 0 radical (unpaired) electrons. The Hall–Kier alpha value is -1.98. The van der Waals surface area contributed by atoms with Gasteiger partial charge >= 0.3 is 5.97 Å². The second kappa shape index (κ2) is 13.2. The Morgan fingerprint density at radius 3 is 2.63 bits per heavy atom. The molecule has 0 bridgehead atoms. The molecule has 0 unspecified atom stereocenters. The molecule has 0 aromatic carbocycles. The molecule has 0 amide bonds. The zero-order valence-corrected chi connectivity index (χ0v) is 16.0. The van der Waals surface area contributed by atoms with Gasteiger partial charge in [-0.15, -0.1) is 0 Å². The standard InChI is InChI=1S/C22H32O5/c1-2-3-4-5-6-9-12-18-19(21(25)16-20(18)24)15-14-17(23)11-8-7-10-13-22(26)27/h3-4,6-9,14-15,17-19,21,23,25H,2,5,10-13,16H2,1H3,(H,26,27)/b4-3-,8-7-,9-6-,15-14+/t17-,18-,19+,21-/m0/s1. The van der Waals surface area contributed by atoms with Gasteiger partial charge in [-0.25, -0.2) is 0 Å². The smallest absolute Gasteiger partial charge is 0.303 e. The van der Waals surface area contributed by atoms with E-state index in [1.54, 1.807) is 24.3 Å². The molecule has 0 heterocycles. The molecule has 1 rings (SSSR count). The van der Waals surface area contributed by atoms with Gasteiger partial charge in [-0.2, -0.15) is 0 Å². The number of ketones is 1. The zero-order chi connectivity index (χ0) is 20.1. The lowest BCUT2D eigenvalue weighted by Crippen LogP contribution is -2.18. The van der Waals surface area contributed by atoms with Crippen LogP contribution in [0.1, 0.15) is 51.9 Å². The summed E-state index contributed by atoms with van der Waals surface area (Å²) in [5.74, 6) is -1.31. The van der Waals surface area contributed by atoms with Gasteiger partial charge in [0, 0.05) is 24.7 Å². The third-order valence-corrected chi connectivity index (χ3v) is 4.59. The van der Waals surface area contributed by atoms with Gasteiger partial charge in [-0.1, -0.05) is 55.5 Å². The normalized spacial score (nSPS) is 24.9. The maximum Gasteiger partial charge on any atom is 0.303 e. The largest absolute Gasteiger partial charge is 0.481 e. The van der Waals surface area contributed by atoms with Crippen LogP contribution in [0, 0.1) is 11.8 Å². The van der Waals surface area contributed by atoms with Crippen LogP contribution in [0.3, 0.4) is 0 Å². The fraction of sp³-hybridized carbons (Fsp3) is 0.545. The number of hydrogen-bond donors (Lipinski definition) is 3. The molecule has 0 saturated heterocycles. The van der Waals surface area contributed by atoms with Gasteiger partial charge in [0.15, 0.2) is 0 Å². The highest BCUT2D eigenvalue weighted by molar-refractivity contribution is 5.84. The fourth-order valence-corrected chi connectivity index (χ4v) is 3.10. The molecule has 1 aliphatic carbocycles. The van der Waals surface area contributed by atoms with Crippen LogP contribution >= 0.6 is 0 Å². The molecular weight excluding hydrogens is 344 g/mol. The Morgan fingerprint density at radius 1 is 1.19 bits per heavy atom. The van der Waals surface area contributed by atoms with Crippen LogP contribution in [0.5, 0.6) is 0 Å². The molecule has 150 valence electrons. The Bertz CT molecular complexity index is 573. The van der Waals surface area contributed by atoms with Crippen molar-refractivity contribution in [3.63, 3.8) is 0 Å². The minimum Gasteiger partial charge on any atom is -0.481 e. The summed E-state index contributed by atoms with van der Waals surface area (Å²) in [6.07, 6.45) is 17.1. The van der Waals surface area contributed by atoms with E-state index in [9.17, 15) is 19.8 Å². The number of aliphatic hydroxyl groups is 2. The van der Waals surface area contributed by atoms with Crippen molar-refractivity contribution in [3.05, 3.63) is 48.6 Å². The summed E-state index contributed by atoms with van der Waals surface area (Å²) in [6.45, 7) is 2.08. The molecule has 1 aliphatic rings. The highest BCUT2D eigenvalue weighted by Gasteiger charge is 2.39. The van der Waals surface area contributed by atoms with Crippen LogP contribution in [-0.2, 0) is 9.59 Å². The van der Waals surface area contributed by atoms with Crippen LogP contribution in [0.2, 0.25) is 0 Å². The van der Waals surface area contributed by atoms with Gasteiger partial charge in [0.05, 0.1) is 12.2 Å². The molecule has 4 atom stereocenters. The third-order valence-electron chi connectivity index (χ3n) is 4.59. The summed E-state index contributed by atoms with van der Waals surface area (Å²) in [5.41, 5.74) is 0. The number of Topliss-reactive ketones (excluding diaryl/α,β-unsaturated/α-hetero) is 1. The van der Waals surface area contributed by atoms with Crippen LogP contribution < -0.4 is 0 Å². The predicted molar refractivity (Wildman–Crippen MR) is 106 cm³/mol. The van der Waals surface area contributed by atoms with Crippen molar-refractivity contribution in [2.45, 2.75) is 64.1 Å². The first-order chi connectivity index (χ1) is 13.0. The molecule has 5 heteroatoms. The lowest BCUT2D eigenvalue weighted by molar-refractivity contribution is -0.136. The van der Waals surface area contributed by atoms with Gasteiger partial charge in [0.1, 0.15) is 5.78 Å². The molecular formula is C22H32O5. The van der Waals surface area contributed by atoms with E-state index in [2.05, 4.69) is 19.1 Å². The minimum absolute atomic E-state index is 0.0638. The lowest BCUT2D eigenvalue weighted by atomic mass is 9.90.